The summed E-state index contributed by atoms with van der Waals surface area (Å²) in [6, 6.07) is 3.50. The molecule has 3 heteroatoms. The zero-order valence-corrected chi connectivity index (χ0v) is 9.03. The van der Waals surface area contributed by atoms with Crippen LogP contribution in [0.15, 0.2) is 18.3 Å². The molecule has 3 nitrogen and oxygen atoms in total. The summed E-state index contributed by atoms with van der Waals surface area (Å²) in [7, 11) is 0. The van der Waals surface area contributed by atoms with E-state index in [1.807, 2.05) is 6.92 Å². The Balaban J connectivity index is 2.51. The molecule has 0 radical (unpaired) electrons. The lowest BCUT2D eigenvalue weighted by molar-refractivity contribution is 0.186. The zero-order chi connectivity index (χ0) is 10.6. The largest absolute Gasteiger partial charge is 0.475 e. The average Bonchev–Trinajstić information content (AvgIpc) is 2.01. The molecule has 0 aliphatic heterocycles. The van der Waals surface area contributed by atoms with Crippen LogP contribution >= 0.6 is 0 Å². The first kappa shape index (κ1) is 10.8. The summed E-state index contributed by atoms with van der Waals surface area (Å²) in [5.74, 6) is 1.24. The Bertz CT molecular complexity index is 286. The van der Waals surface area contributed by atoms with Crippen LogP contribution in [0.5, 0.6) is 5.88 Å². The minimum atomic E-state index is 0.185. The number of nitrogen functional groups attached to an aromatic ring is 1. The van der Waals surface area contributed by atoms with Crippen molar-refractivity contribution < 1.29 is 4.74 Å². The van der Waals surface area contributed by atoms with Gasteiger partial charge in [-0.15, -0.1) is 0 Å². The van der Waals surface area contributed by atoms with E-state index in [0.29, 0.717) is 17.5 Å². The third kappa shape index (κ3) is 3.64. The molecule has 0 aliphatic carbocycles. The second-order valence-corrected chi connectivity index (χ2v) is 3.99. The Morgan fingerprint density at radius 2 is 2.14 bits per heavy atom. The van der Waals surface area contributed by atoms with Crippen molar-refractivity contribution >= 4 is 5.69 Å². The predicted molar refractivity (Wildman–Crippen MR) is 58.2 cm³/mol. The number of ether oxygens (including phenoxy) is 1. The number of nitrogens with two attached hydrogens (primary N) is 1. The van der Waals surface area contributed by atoms with Gasteiger partial charge in [0, 0.05) is 18.0 Å². The highest BCUT2D eigenvalue weighted by atomic mass is 16.5. The van der Waals surface area contributed by atoms with Crippen LogP contribution in [0.4, 0.5) is 5.69 Å². The van der Waals surface area contributed by atoms with Gasteiger partial charge in [0.1, 0.15) is 0 Å². The second kappa shape index (κ2) is 4.84. The molecule has 1 heterocycles. The van der Waals surface area contributed by atoms with Gasteiger partial charge in [0.05, 0.1) is 6.10 Å². The molecule has 0 saturated heterocycles. The van der Waals surface area contributed by atoms with Gasteiger partial charge in [0.2, 0.25) is 5.88 Å². The number of rotatable bonds is 4. The van der Waals surface area contributed by atoms with Gasteiger partial charge in [-0.2, -0.15) is 0 Å². The minimum Gasteiger partial charge on any atom is -0.475 e. The summed E-state index contributed by atoms with van der Waals surface area (Å²) < 4.78 is 5.61. The fraction of sp³-hybridized carbons (Fsp3) is 0.545. The van der Waals surface area contributed by atoms with Crippen molar-refractivity contribution in [2.75, 3.05) is 5.73 Å². The van der Waals surface area contributed by atoms with Crippen LogP contribution in [0.25, 0.3) is 0 Å². The molecule has 0 amide bonds. The Kier molecular flexibility index (Phi) is 3.74. The Labute approximate surface area is 85.3 Å². The highest BCUT2D eigenvalue weighted by Crippen LogP contribution is 2.15. The van der Waals surface area contributed by atoms with E-state index >= 15 is 0 Å². The quantitative estimate of drug-likeness (QED) is 0.801. The van der Waals surface area contributed by atoms with E-state index in [0.717, 1.165) is 6.42 Å². The molecule has 0 fully saturated rings. The SMILES string of the molecule is CC(C)CC(C)Oc1cc(N)ccn1. The average molecular weight is 194 g/mol. The summed E-state index contributed by atoms with van der Waals surface area (Å²) in [6.07, 6.45) is 2.87. The summed E-state index contributed by atoms with van der Waals surface area (Å²) in [5.41, 5.74) is 6.30. The van der Waals surface area contributed by atoms with E-state index in [4.69, 9.17) is 10.5 Å². The molecule has 0 spiro atoms. The molecule has 2 N–H and O–H groups in total. The summed E-state index contributed by atoms with van der Waals surface area (Å²) in [6.45, 7) is 6.39. The van der Waals surface area contributed by atoms with Crippen LogP contribution in [-0.2, 0) is 0 Å². The molecule has 14 heavy (non-hydrogen) atoms. The maximum atomic E-state index is 5.62. The predicted octanol–water partition coefficient (Wildman–Crippen LogP) is 2.48. The van der Waals surface area contributed by atoms with Crippen molar-refractivity contribution in [3.8, 4) is 5.88 Å². The molecule has 1 unspecified atom stereocenters. The number of pyridine rings is 1. The van der Waals surface area contributed by atoms with Crippen molar-refractivity contribution in [1.29, 1.82) is 0 Å². The Morgan fingerprint density at radius 3 is 2.71 bits per heavy atom. The van der Waals surface area contributed by atoms with Crippen LogP contribution in [0.1, 0.15) is 27.2 Å². The van der Waals surface area contributed by atoms with Gasteiger partial charge in [-0.05, 0) is 25.3 Å². The van der Waals surface area contributed by atoms with Gasteiger partial charge in [-0.25, -0.2) is 4.98 Å². The first-order chi connectivity index (χ1) is 6.58. The van der Waals surface area contributed by atoms with E-state index in [1.54, 1.807) is 18.3 Å². The summed E-state index contributed by atoms with van der Waals surface area (Å²) in [4.78, 5) is 4.08. The lowest BCUT2D eigenvalue weighted by atomic mass is 10.1. The molecule has 1 atom stereocenters. The van der Waals surface area contributed by atoms with Crippen molar-refractivity contribution in [2.45, 2.75) is 33.3 Å². The molecule has 0 saturated carbocycles. The Morgan fingerprint density at radius 1 is 1.43 bits per heavy atom. The first-order valence-corrected chi connectivity index (χ1v) is 4.96. The number of nitrogens with zero attached hydrogens (tertiary/aromatic N) is 1. The van der Waals surface area contributed by atoms with E-state index in [9.17, 15) is 0 Å². The third-order valence-electron chi connectivity index (χ3n) is 1.88. The molecule has 1 rings (SSSR count). The normalized spacial score (nSPS) is 12.9. The maximum Gasteiger partial charge on any atom is 0.215 e. The molecule has 1 aromatic heterocycles. The van der Waals surface area contributed by atoms with Gasteiger partial charge < -0.3 is 10.5 Å². The standard InChI is InChI=1S/C11H18N2O/c1-8(2)6-9(3)14-11-7-10(12)4-5-13-11/h4-5,7-9H,6H2,1-3H3,(H2,12,13). The van der Waals surface area contributed by atoms with E-state index in [1.165, 1.54) is 0 Å². The van der Waals surface area contributed by atoms with Gasteiger partial charge >= 0.3 is 0 Å². The molecule has 1 aromatic rings. The number of hydrogen-bond acceptors (Lipinski definition) is 3. The molecule has 0 aromatic carbocycles. The fourth-order valence-corrected chi connectivity index (χ4v) is 1.41. The number of hydrogen-bond donors (Lipinski definition) is 1. The smallest absolute Gasteiger partial charge is 0.215 e. The lowest BCUT2D eigenvalue weighted by Gasteiger charge is -2.15. The van der Waals surface area contributed by atoms with Gasteiger partial charge in [0.15, 0.2) is 0 Å². The molecular weight excluding hydrogens is 176 g/mol. The van der Waals surface area contributed by atoms with Crippen LogP contribution in [0.2, 0.25) is 0 Å². The van der Waals surface area contributed by atoms with Crippen LogP contribution in [0, 0.1) is 5.92 Å². The number of aromatic nitrogens is 1. The van der Waals surface area contributed by atoms with E-state index in [2.05, 4.69) is 18.8 Å². The van der Waals surface area contributed by atoms with Crippen molar-refractivity contribution in [3.05, 3.63) is 18.3 Å². The zero-order valence-electron chi connectivity index (χ0n) is 9.03. The van der Waals surface area contributed by atoms with Gasteiger partial charge in [0.25, 0.3) is 0 Å². The van der Waals surface area contributed by atoms with Crippen LogP contribution < -0.4 is 10.5 Å². The minimum absolute atomic E-state index is 0.185. The highest BCUT2D eigenvalue weighted by Gasteiger charge is 2.07. The van der Waals surface area contributed by atoms with Gasteiger partial charge in [-0.1, -0.05) is 13.8 Å². The molecular formula is C11H18N2O. The van der Waals surface area contributed by atoms with Gasteiger partial charge in [-0.3, -0.25) is 0 Å². The summed E-state index contributed by atoms with van der Waals surface area (Å²) >= 11 is 0. The fourth-order valence-electron chi connectivity index (χ4n) is 1.41. The Hall–Kier alpha value is -1.25. The van der Waals surface area contributed by atoms with E-state index < -0.39 is 0 Å². The molecule has 0 aliphatic rings. The third-order valence-corrected chi connectivity index (χ3v) is 1.88. The topological polar surface area (TPSA) is 48.1 Å². The lowest BCUT2D eigenvalue weighted by Crippen LogP contribution is -2.15. The molecule has 78 valence electrons. The monoisotopic (exact) mass is 194 g/mol. The van der Waals surface area contributed by atoms with E-state index in [-0.39, 0.29) is 6.10 Å². The van der Waals surface area contributed by atoms with Crippen molar-refractivity contribution in [2.24, 2.45) is 5.92 Å². The molecule has 0 bridgehead atoms. The van der Waals surface area contributed by atoms with Crippen LogP contribution in [-0.4, -0.2) is 11.1 Å². The first-order valence-electron chi connectivity index (χ1n) is 4.96. The second-order valence-electron chi connectivity index (χ2n) is 3.99. The van der Waals surface area contributed by atoms with Crippen LogP contribution in [0.3, 0.4) is 0 Å². The number of anilines is 1. The highest BCUT2D eigenvalue weighted by molar-refractivity contribution is 5.39. The summed E-state index contributed by atoms with van der Waals surface area (Å²) in [5, 5.41) is 0. The maximum absolute atomic E-state index is 5.62. The van der Waals surface area contributed by atoms with Crippen molar-refractivity contribution in [3.63, 3.8) is 0 Å². The van der Waals surface area contributed by atoms with Crippen molar-refractivity contribution in [1.82, 2.24) is 4.98 Å².